The molecule has 2 nitrogen and oxygen atoms in total. The Bertz CT molecular complexity index is 357. The predicted octanol–water partition coefficient (Wildman–Crippen LogP) is 2.66. The molecule has 2 rings (SSSR count). The second-order valence-corrected chi connectivity index (χ2v) is 5.83. The minimum atomic E-state index is 0.955. The fourth-order valence-electron chi connectivity index (χ4n) is 2.37. The van der Waals surface area contributed by atoms with Crippen molar-refractivity contribution in [3.8, 4) is 0 Å². The first-order chi connectivity index (χ1) is 8.31. The average molecular weight is 250 g/mol. The van der Waals surface area contributed by atoms with Gasteiger partial charge in [-0.3, -0.25) is 0 Å². The monoisotopic (exact) mass is 250 g/mol. The van der Waals surface area contributed by atoms with E-state index in [1.165, 1.54) is 47.8 Å². The summed E-state index contributed by atoms with van der Waals surface area (Å²) >= 11 is 2.08. The molecule has 1 heterocycles. The van der Waals surface area contributed by atoms with Crippen molar-refractivity contribution < 1.29 is 0 Å². The van der Waals surface area contributed by atoms with E-state index >= 15 is 0 Å². The summed E-state index contributed by atoms with van der Waals surface area (Å²) in [7, 11) is 2.00. The van der Waals surface area contributed by atoms with Crippen LogP contribution in [0, 0.1) is 6.92 Å². The van der Waals surface area contributed by atoms with Crippen LogP contribution in [0.3, 0.4) is 0 Å². The van der Waals surface area contributed by atoms with Gasteiger partial charge < -0.3 is 10.2 Å². The lowest BCUT2D eigenvalue weighted by Crippen LogP contribution is -2.26. The summed E-state index contributed by atoms with van der Waals surface area (Å²) in [4.78, 5) is 2.54. The van der Waals surface area contributed by atoms with Crippen LogP contribution in [0.1, 0.15) is 17.5 Å². The Morgan fingerprint density at radius 3 is 2.94 bits per heavy atom. The normalized spacial score (nSPS) is 16.9. The molecule has 1 aromatic carbocycles. The highest BCUT2D eigenvalue weighted by Crippen LogP contribution is 2.24. The molecule has 0 saturated carbocycles. The van der Waals surface area contributed by atoms with Gasteiger partial charge in [0.05, 0.1) is 0 Å². The number of thioether (sulfide) groups is 1. The third kappa shape index (κ3) is 3.39. The molecule has 1 saturated heterocycles. The Kier molecular flexibility index (Phi) is 4.75. The number of hydrogen-bond acceptors (Lipinski definition) is 3. The molecule has 0 atom stereocenters. The SMILES string of the molecule is CNCc1ccc(N2CCCSCC2)c(C)c1. The highest BCUT2D eigenvalue weighted by molar-refractivity contribution is 7.99. The third-order valence-electron chi connectivity index (χ3n) is 3.21. The fraction of sp³-hybridized carbons (Fsp3) is 0.571. The number of anilines is 1. The zero-order valence-electron chi connectivity index (χ0n) is 10.8. The van der Waals surface area contributed by atoms with Crippen LogP contribution in [-0.4, -0.2) is 31.6 Å². The van der Waals surface area contributed by atoms with E-state index in [1.54, 1.807) is 0 Å². The number of rotatable bonds is 3. The molecule has 94 valence electrons. The third-order valence-corrected chi connectivity index (χ3v) is 4.25. The van der Waals surface area contributed by atoms with Gasteiger partial charge in [-0.15, -0.1) is 0 Å². The molecule has 1 aliphatic heterocycles. The molecule has 0 radical (unpaired) electrons. The molecule has 1 aromatic rings. The summed E-state index contributed by atoms with van der Waals surface area (Å²) in [6.45, 7) is 5.58. The van der Waals surface area contributed by atoms with Crippen LogP contribution in [0.5, 0.6) is 0 Å². The second kappa shape index (κ2) is 6.31. The average Bonchev–Trinajstić information content (AvgIpc) is 2.58. The topological polar surface area (TPSA) is 15.3 Å². The molecular formula is C14H22N2S. The molecule has 1 N–H and O–H groups in total. The van der Waals surface area contributed by atoms with Crippen molar-refractivity contribution >= 4 is 17.4 Å². The Morgan fingerprint density at radius 2 is 2.18 bits per heavy atom. The Hall–Kier alpha value is -0.670. The highest BCUT2D eigenvalue weighted by Gasteiger charge is 2.12. The predicted molar refractivity (Wildman–Crippen MR) is 78.1 cm³/mol. The zero-order valence-corrected chi connectivity index (χ0v) is 11.6. The summed E-state index contributed by atoms with van der Waals surface area (Å²) in [5.41, 5.74) is 4.20. The number of aryl methyl sites for hydroxylation is 1. The van der Waals surface area contributed by atoms with E-state index in [4.69, 9.17) is 0 Å². The van der Waals surface area contributed by atoms with Crippen molar-refractivity contribution in [1.82, 2.24) is 5.32 Å². The van der Waals surface area contributed by atoms with E-state index in [-0.39, 0.29) is 0 Å². The van der Waals surface area contributed by atoms with Crippen molar-refractivity contribution in [2.75, 3.05) is 36.5 Å². The summed E-state index contributed by atoms with van der Waals surface area (Å²) < 4.78 is 0. The maximum Gasteiger partial charge on any atom is 0.0396 e. The van der Waals surface area contributed by atoms with Gasteiger partial charge in [-0.2, -0.15) is 11.8 Å². The van der Waals surface area contributed by atoms with Gasteiger partial charge in [-0.1, -0.05) is 12.1 Å². The van der Waals surface area contributed by atoms with Gasteiger partial charge >= 0.3 is 0 Å². The quantitative estimate of drug-likeness (QED) is 0.888. The van der Waals surface area contributed by atoms with E-state index in [2.05, 4.69) is 47.1 Å². The van der Waals surface area contributed by atoms with E-state index in [1.807, 2.05) is 7.05 Å². The summed E-state index contributed by atoms with van der Waals surface area (Å²) in [5, 5.41) is 3.20. The fourth-order valence-corrected chi connectivity index (χ4v) is 3.26. The standard InChI is InChI=1S/C14H22N2S/c1-12-10-13(11-15-2)4-5-14(12)16-6-3-8-17-9-7-16/h4-5,10,15H,3,6-9,11H2,1-2H3. The lowest BCUT2D eigenvalue weighted by atomic mass is 10.1. The Balaban J connectivity index is 2.14. The largest absolute Gasteiger partial charge is 0.370 e. The van der Waals surface area contributed by atoms with Gasteiger partial charge in [0.1, 0.15) is 0 Å². The number of hydrogen-bond donors (Lipinski definition) is 1. The molecule has 0 spiro atoms. The Morgan fingerprint density at radius 1 is 1.29 bits per heavy atom. The minimum absolute atomic E-state index is 0.955. The molecule has 1 fully saturated rings. The van der Waals surface area contributed by atoms with Gasteiger partial charge in [0.15, 0.2) is 0 Å². The van der Waals surface area contributed by atoms with Crippen molar-refractivity contribution in [2.24, 2.45) is 0 Å². The molecule has 0 amide bonds. The molecular weight excluding hydrogens is 228 g/mol. The van der Waals surface area contributed by atoms with Crippen LogP contribution in [0.4, 0.5) is 5.69 Å². The van der Waals surface area contributed by atoms with Gasteiger partial charge in [0, 0.05) is 31.1 Å². The van der Waals surface area contributed by atoms with E-state index in [0.717, 1.165) is 6.54 Å². The smallest absolute Gasteiger partial charge is 0.0396 e. The van der Waals surface area contributed by atoms with Crippen LogP contribution >= 0.6 is 11.8 Å². The summed E-state index contributed by atoms with van der Waals surface area (Å²) in [6.07, 6.45) is 1.31. The Labute approximate surface area is 109 Å². The van der Waals surface area contributed by atoms with Crippen molar-refractivity contribution in [3.63, 3.8) is 0 Å². The van der Waals surface area contributed by atoms with Crippen LogP contribution in [0.2, 0.25) is 0 Å². The molecule has 0 unspecified atom stereocenters. The van der Waals surface area contributed by atoms with Crippen LogP contribution in [0.15, 0.2) is 18.2 Å². The molecule has 0 aromatic heterocycles. The van der Waals surface area contributed by atoms with Crippen LogP contribution < -0.4 is 10.2 Å². The molecule has 17 heavy (non-hydrogen) atoms. The van der Waals surface area contributed by atoms with Crippen LogP contribution in [-0.2, 0) is 6.54 Å². The molecule has 0 aliphatic carbocycles. The molecule has 0 bridgehead atoms. The maximum atomic E-state index is 3.20. The van der Waals surface area contributed by atoms with Gasteiger partial charge in [0.2, 0.25) is 0 Å². The lowest BCUT2D eigenvalue weighted by molar-refractivity contribution is 0.803. The van der Waals surface area contributed by atoms with E-state index in [0.29, 0.717) is 0 Å². The van der Waals surface area contributed by atoms with Crippen molar-refractivity contribution in [2.45, 2.75) is 19.9 Å². The van der Waals surface area contributed by atoms with Gasteiger partial charge in [0.25, 0.3) is 0 Å². The minimum Gasteiger partial charge on any atom is -0.370 e. The lowest BCUT2D eigenvalue weighted by Gasteiger charge is -2.24. The number of nitrogens with zero attached hydrogens (tertiary/aromatic N) is 1. The van der Waals surface area contributed by atoms with Gasteiger partial charge in [-0.05, 0) is 43.3 Å². The first-order valence-electron chi connectivity index (χ1n) is 6.38. The maximum absolute atomic E-state index is 3.20. The molecule has 3 heteroatoms. The second-order valence-electron chi connectivity index (χ2n) is 4.60. The van der Waals surface area contributed by atoms with E-state index in [9.17, 15) is 0 Å². The van der Waals surface area contributed by atoms with Crippen LogP contribution in [0.25, 0.3) is 0 Å². The van der Waals surface area contributed by atoms with Crippen molar-refractivity contribution in [1.29, 1.82) is 0 Å². The van der Waals surface area contributed by atoms with Crippen molar-refractivity contribution in [3.05, 3.63) is 29.3 Å². The first-order valence-corrected chi connectivity index (χ1v) is 7.53. The summed E-state index contributed by atoms with van der Waals surface area (Å²) in [6, 6.07) is 6.85. The van der Waals surface area contributed by atoms with Gasteiger partial charge in [-0.25, -0.2) is 0 Å². The van der Waals surface area contributed by atoms with E-state index < -0.39 is 0 Å². The summed E-state index contributed by atoms with van der Waals surface area (Å²) in [5.74, 6) is 2.57. The molecule has 1 aliphatic rings. The zero-order chi connectivity index (χ0) is 12.1. The first kappa shape index (κ1) is 12.8. The number of nitrogens with one attached hydrogen (secondary N) is 1. The number of benzene rings is 1. The highest BCUT2D eigenvalue weighted by atomic mass is 32.2.